The van der Waals surface area contributed by atoms with E-state index in [1.54, 1.807) is 6.20 Å². The van der Waals surface area contributed by atoms with Gasteiger partial charge in [-0.05, 0) is 30.2 Å². The molecule has 1 aromatic rings. The highest BCUT2D eigenvalue weighted by Crippen LogP contribution is 2.09. The van der Waals surface area contributed by atoms with E-state index < -0.39 is 5.97 Å². The van der Waals surface area contributed by atoms with Crippen LogP contribution in [-0.2, 0) is 0 Å². The molecule has 0 saturated carbocycles. The van der Waals surface area contributed by atoms with Crippen molar-refractivity contribution in [3.8, 4) is 0 Å². The van der Waals surface area contributed by atoms with Crippen LogP contribution in [0.15, 0.2) is 36.5 Å². The topological polar surface area (TPSA) is 78.4 Å². The molecule has 96 valence electrons. The minimum absolute atomic E-state index is 0.181. The fourth-order valence-corrected chi connectivity index (χ4v) is 1.18. The fourth-order valence-electron chi connectivity index (χ4n) is 1.18. The van der Waals surface area contributed by atoms with Gasteiger partial charge in [-0.15, -0.1) is 0 Å². The van der Waals surface area contributed by atoms with E-state index in [4.69, 9.17) is 5.11 Å². The monoisotopic (exact) mass is 248 g/mol. The first-order chi connectivity index (χ1) is 8.49. The van der Waals surface area contributed by atoms with Gasteiger partial charge >= 0.3 is 12.0 Å². The summed E-state index contributed by atoms with van der Waals surface area (Å²) >= 11 is 0. The standard InChI is InChI=1S/C13H16N2O3/c1-9(2)7-8-14-13(18)15-11-5-3-10(4-6-11)12(16)17/h3-9H,1-2H3,(H,16,17)(H2,14,15,18)/b8-7+. The minimum Gasteiger partial charge on any atom is -0.478 e. The molecule has 0 unspecified atom stereocenters. The number of amides is 2. The second-order valence-electron chi connectivity index (χ2n) is 4.08. The van der Waals surface area contributed by atoms with E-state index in [9.17, 15) is 9.59 Å². The van der Waals surface area contributed by atoms with Crippen molar-refractivity contribution in [3.63, 3.8) is 0 Å². The summed E-state index contributed by atoms with van der Waals surface area (Å²) in [5.41, 5.74) is 0.719. The molecule has 18 heavy (non-hydrogen) atoms. The maximum atomic E-state index is 11.4. The number of carboxylic acid groups (broad SMARTS) is 1. The molecule has 3 N–H and O–H groups in total. The van der Waals surface area contributed by atoms with Crippen molar-refractivity contribution in [1.29, 1.82) is 0 Å². The summed E-state index contributed by atoms with van der Waals surface area (Å²) < 4.78 is 0. The molecule has 0 aliphatic rings. The Kier molecular flexibility index (Phi) is 4.92. The van der Waals surface area contributed by atoms with Gasteiger partial charge in [-0.3, -0.25) is 0 Å². The predicted octanol–water partition coefficient (Wildman–Crippen LogP) is 2.68. The third kappa shape index (κ3) is 4.69. The van der Waals surface area contributed by atoms with Crippen molar-refractivity contribution in [2.75, 3.05) is 5.32 Å². The number of hydrogen-bond acceptors (Lipinski definition) is 2. The van der Waals surface area contributed by atoms with E-state index in [0.29, 0.717) is 11.6 Å². The van der Waals surface area contributed by atoms with Crippen LogP contribution in [0.1, 0.15) is 24.2 Å². The number of urea groups is 1. The lowest BCUT2D eigenvalue weighted by atomic mass is 10.2. The van der Waals surface area contributed by atoms with E-state index in [2.05, 4.69) is 10.6 Å². The van der Waals surface area contributed by atoms with Crippen LogP contribution in [-0.4, -0.2) is 17.1 Å². The molecule has 2 amide bonds. The molecule has 0 aliphatic carbocycles. The summed E-state index contributed by atoms with van der Waals surface area (Å²) in [5.74, 6) is -0.633. The average molecular weight is 248 g/mol. The van der Waals surface area contributed by atoms with Gasteiger partial charge < -0.3 is 15.7 Å². The van der Waals surface area contributed by atoms with Crippen molar-refractivity contribution in [2.24, 2.45) is 5.92 Å². The molecular formula is C13H16N2O3. The van der Waals surface area contributed by atoms with Crippen LogP contribution < -0.4 is 10.6 Å². The molecule has 1 rings (SSSR count). The maximum absolute atomic E-state index is 11.4. The molecule has 5 nitrogen and oxygen atoms in total. The smallest absolute Gasteiger partial charge is 0.335 e. The van der Waals surface area contributed by atoms with Gasteiger partial charge in [-0.2, -0.15) is 0 Å². The van der Waals surface area contributed by atoms with Crippen LogP contribution in [0.3, 0.4) is 0 Å². The number of carbonyl (C=O) groups excluding carboxylic acids is 1. The van der Waals surface area contributed by atoms with E-state index in [-0.39, 0.29) is 11.6 Å². The van der Waals surface area contributed by atoms with Gasteiger partial charge in [0.2, 0.25) is 0 Å². The summed E-state index contributed by atoms with van der Waals surface area (Å²) in [7, 11) is 0. The molecule has 5 heteroatoms. The summed E-state index contributed by atoms with van der Waals surface area (Å²) in [4.78, 5) is 22.1. The van der Waals surface area contributed by atoms with Crippen LogP contribution >= 0.6 is 0 Å². The van der Waals surface area contributed by atoms with E-state index >= 15 is 0 Å². The zero-order valence-corrected chi connectivity index (χ0v) is 10.3. The van der Waals surface area contributed by atoms with E-state index in [0.717, 1.165) is 0 Å². The average Bonchev–Trinajstić information content (AvgIpc) is 2.29. The molecule has 0 radical (unpaired) electrons. The largest absolute Gasteiger partial charge is 0.478 e. The number of anilines is 1. The Morgan fingerprint density at radius 1 is 1.22 bits per heavy atom. The van der Waals surface area contributed by atoms with Crippen LogP contribution in [0.2, 0.25) is 0 Å². The molecular weight excluding hydrogens is 232 g/mol. The second kappa shape index (κ2) is 6.44. The highest BCUT2D eigenvalue weighted by atomic mass is 16.4. The van der Waals surface area contributed by atoms with Gasteiger partial charge in [0.15, 0.2) is 0 Å². The predicted molar refractivity (Wildman–Crippen MR) is 69.5 cm³/mol. The number of allylic oxidation sites excluding steroid dienone is 1. The van der Waals surface area contributed by atoms with Gasteiger partial charge in [0.1, 0.15) is 0 Å². The molecule has 0 aromatic heterocycles. The highest BCUT2D eigenvalue weighted by molar-refractivity contribution is 5.91. The lowest BCUT2D eigenvalue weighted by Crippen LogP contribution is -2.23. The number of rotatable bonds is 4. The molecule has 0 aliphatic heterocycles. The normalized spacial score (nSPS) is 10.6. The Balaban J connectivity index is 2.52. The van der Waals surface area contributed by atoms with Crippen molar-refractivity contribution >= 4 is 17.7 Å². The lowest BCUT2D eigenvalue weighted by molar-refractivity contribution is 0.0697. The molecule has 0 fully saturated rings. The molecule has 0 bridgehead atoms. The molecule has 0 spiro atoms. The summed E-state index contributed by atoms with van der Waals surface area (Å²) in [6.45, 7) is 4.00. The molecule has 0 atom stereocenters. The third-order valence-corrected chi connectivity index (χ3v) is 2.09. The van der Waals surface area contributed by atoms with Crippen LogP contribution in [0.5, 0.6) is 0 Å². The number of carboxylic acids is 1. The maximum Gasteiger partial charge on any atom is 0.335 e. The zero-order valence-electron chi connectivity index (χ0n) is 10.3. The van der Waals surface area contributed by atoms with Crippen LogP contribution in [0.25, 0.3) is 0 Å². The SMILES string of the molecule is CC(C)/C=C/NC(=O)Nc1ccc(C(=O)O)cc1. The molecule has 1 aromatic carbocycles. The Bertz CT molecular complexity index is 450. The number of benzene rings is 1. The first-order valence-corrected chi connectivity index (χ1v) is 5.56. The number of hydrogen-bond donors (Lipinski definition) is 3. The number of carbonyl (C=O) groups is 2. The number of nitrogens with one attached hydrogen (secondary N) is 2. The van der Waals surface area contributed by atoms with Gasteiger partial charge in [-0.25, -0.2) is 9.59 Å². The van der Waals surface area contributed by atoms with Gasteiger partial charge in [0.25, 0.3) is 0 Å². The highest BCUT2D eigenvalue weighted by Gasteiger charge is 2.03. The Morgan fingerprint density at radius 2 is 1.83 bits per heavy atom. The summed E-state index contributed by atoms with van der Waals surface area (Å²) in [5, 5.41) is 13.9. The van der Waals surface area contributed by atoms with E-state index in [1.165, 1.54) is 24.3 Å². The fraction of sp³-hybridized carbons (Fsp3) is 0.231. The quantitative estimate of drug-likeness (QED) is 0.766. The van der Waals surface area contributed by atoms with Crippen molar-refractivity contribution < 1.29 is 14.7 Å². The van der Waals surface area contributed by atoms with Crippen molar-refractivity contribution in [2.45, 2.75) is 13.8 Å². The van der Waals surface area contributed by atoms with Gasteiger partial charge in [0, 0.05) is 11.9 Å². The first kappa shape index (κ1) is 13.8. The van der Waals surface area contributed by atoms with Gasteiger partial charge in [0.05, 0.1) is 5.56 Å². The van der Waals surface area contributed by atoms with Crippen LogP contribution in [0.4, 0.5) is 10.5 Å². The molecule has 0 heterocycles. The number of aromatic carboxylic acids is 1. The first-order valence-electron chi connectivity index (χ1n) is 5.56. The lowest BCUT2D eigenvalue weighted by Gasteiger charge is -2.05. The summed E-state index contributed by atoms with van der Waals surface area (Å²) in [6.07, 6.45) is 3.43. The Morgan fingerprint density at radius 3 is 2.33 bits per heavy atom. The second-order valence-corrected chi connectivity index (χ2v) is 4.08. The minimum atomic E-state index is -0.995. The summed E-state index contributed by atoms with van der Waals surface area (Å²) in [6, 6.07) is 5.57. The van der Waals surface area contributed by atoms with Gasteiger partial charge in [-0.1, -0.05) is 19.9 Å². The van der Waals surface area contributed by atoms with E-state index in [1.807, 2.05) is 19.9 Å². The Hall–Kier alpha value is -2.30. The Labute approximate surface area is 106 Å². The van der Waals surface area contributed by atoms with Crippen molar-refractivity contribution in [1.82, 2.24) is 5.32 Å². The molecule has 0 saturated heterocycles. The third-order valence-electron chi connectivity index (χ3n) is 2.09. The van der Waals surface area contributed by atoms with Crippen LogP contribution in [0, 0.1) is 5.92 Å². The zero-order chi connectivity index (χ0) is 13.5. The van der Waals surface area contributed by atoms with Crippen molar-refractivity contribution in [3.05, 3.63) is 42.1 Å².